The molecule has 1 aromatic heterocycles. The summed E-state index contributed by atoms with van der Waals surface area (Å²) in [5.41, 5.74) is 0. The van der Waals surface area contributed by atoms with Crippen LogP contribution in [0, 0.1) is 5.92 Å². The van der Waals surface area contributed by atoms with Crippen LogP contribution in [0.5, 0.6) is 0 Å². The molecular weight excluding hydrogens is 306 g/mol. The van der Waals surface area contributed by atoms with Gasteiger partial charge in [-0.25, -0.2) is 0 Å². The van der Waals surface area contributed by atoms with E-state index in [2.05, 4.69) is 23.8 Å². The van der Waals surface area contributed by atoms with Crippen LogP contribution in [0.2, 0.25) is 0 Å². The Morgan fingerprint density at radius 1 is 1.21 bits per heavy atom. The van der Waals surface area contributed by atoms with Crippen molar-refractivity contribution in [2.24, 2.45) is 5.92 Å². The van der Waals surface area contributed by atoms with Crippen molar-refractivity contribution < 1.29 is 14.3 Å². The third-order valence-corrected chi connectivity index (χ3v) is 5.65. The second-order valence-corrected chi connectivity index (χ2v) is 7.13. The Bertz CT molecular complexity index is 543. The molecule has 0 unspecified atom stereocenters. The average Bonchev–Trinajstić information content (AvgIpc) is 3.10. The number of furan rings is 1. The fraction of sp³-hybridized carbons (Fsp3) is 0.722. The fourth-order valence-corrected chi connectivity index (χ4v) is 3.85. The standard InChI is InChI=1S/C18H29N3O3/c1-14(20-11-9-19(2)10-12-20)15-5-7-21(8-6-15)18(23)17-4-3-16(13-22)24-17/h3-4,14-15,22H,5-13H2,1-2H3/t14-/m1/s1. The molecule has 1 amide bonds. The van der Waals surface area contributed by atoms with Crippen LogP contribution in [-0.2, 0) is 6.61 Å². The summed E-state index contributed by atoms with van der Waals surface area (Å²) in [6.45, 7) is 8.33. The zero-order valence-electron chi connectivity index (χ0n) is 14.8. The van der Waals surface area contributed by atoms with Gasteiger partial charge in [-0.15, -0.1) is 0 Å². The topological polar surface area (TPSA) is 60.2 Å². The smallest absolute Gasteiger partial charge is 0.289 e. The molecule has 1 N–H and O–H groups in total. The number of likely N-dealkylation sites (N-methyl/N-ethyl adjacent to an activating group) is 1. The third kappa shape index (κ3) is 3.82. The Balaban J connectivity index is 1.50. The first kappa shape index (κ1) is 17.5. The second-order valence-electron chi connectivity index (χ2n) is 7.13. The normalized spacial score (nSPS) is 22.7. The molecule has 0 saturated carbocycles. The second kappa shape index (κ2) is 7.68. The Labute approximate surface area is 144 Å². The molecule has 2 fully saturated rings. The molecule has 2 aliphatic heterocycles. The lowest BCUT2D eigenvalue weighted by Gasteiger charge is -2.42. The van der Waals surface area contributed by atoms with E-state index in [0.717, 1.165) is 52.1 Å². The zero-order valence-corrected chi connectivity index (χ0v) is 14.8. The van der Waals surface area contributed by atoms with Gasteiger partial charge in [0.15, 0.2) is 5.76 Å². The van der Waals surface area contributed by atoms with Crippen molar-refractivity contribution >= 4 is 5.91 Å². The molecule has 6 heteroatoms. The van der Waals surface area contributed by atoms with E-state index >= 15 is 0 Å². The van der Waals surface area contributed by atoms with Crippen LogP contribution in [0.3, 0.4) is 0 Å². The van der Waals surface area contributed by atoms with Crippen molar-refractivity contribution in [2.75, 3.05) is 46.3 Å². The van der Waals surface area contributed by atoms with Crippen molar-refractivity contribution in [3.63, 3.8) is 0 Å². The summed E-state index contributed by atoms with van der Waals surface area (Å²) in [4.78, 5) is 19.3. The highest BCUT2D eigenvalue weighted by Crippen LogP contribution is 2.26. The molecule has 1 atom stereocenters. The number of piperazine rings is 1. The summed E-state index contributed by atoms with van der Waals surface area (Å²) >= 11 is 0. The number of rotatable bonds is 4. The van der Waals surface area contributed by atoms with Gasteiger partial charge in [-0.05, 0) is 44.9 Å². The summed E-state index contributed by atoms with van der Waals surface area (Å²) in [5.74, 6) is 1.38. The molecule has 134 valence electrons. The van der Waals surface area contributed by atoms with Gasteiger partial charge < -0.3 is 19.3 Å². The first-order valence-electron chi connectivity index (χ1n) is 9.00. The Morgan fingerprint density at radius 3 is 2.46 bits per heavy atom. The highest BCUT2D eigenvalue weighted by molar-refractivity contribution is 5.91. The highest BCUT2D eigenvalue weighted by atomic mass is 16.4. The monoisotopic (exact) mass is 335 g/mol. The third-order valence-electron chi connectivity index (χ3n) is 5.65. The lowest BCUT2D eigenvalue weighted by atomic mass is 9.89. The zero-order chi connectivity index (χ0) is 17.1. The van der Waals surface area contributed by atoms with Crippen LogP contribution in [-0.4, -0.2) is 78.1 Å². The van der Waals surface area contributed by atoms with E-state index in [1.165, 1.54) is 0 Å². The maximum atomic E-state index is 12.5. The quantitative estimate of drug-likeness (QED) is 0.898. The van der Waals surface area contributed by atoms with E-state index < -0.39 is 0 Å². The molecule has 3 heterocycles. The summed E-state index contributed by atoms with van der Waals surface area (Å²) in [6.07, 6.45) is 2.10. The first-order valence-corrected chi connectivity index (χ1v) is 9.00. The van der Waals surface area contributed by atoms with E-state index in [1.807, 2.05) is 4.90 Å². The number of likely N-dealkylation sites (tertiary alicyclic amines) is 1. The Morgan fingerprint density at radius 2 is 1.88 bits per heavy atom. The minimum absolute atomic E-state index is 0.0552. The highest BCUT2D eigenvalue weighted by Gasteiger charge is 2.31. The molecule has 3 rings (SSSR count). The van der Waals surface area contributed by atoms with Gasteiger partial charge in [0, 0.05) is 45.3 Å². The van der Waals surface area contributed by atoms with E-state index in [9.17, 15) is 4.79 Å². The largest absolute Gasteiger partial charge is 0.453 e. The van der Waals surface area contributed by atoms with Crippen LogP contribution >= 0.6 is 0 Å². The summed E-state index contributed by atoms with van der Waals surface area (Å²) < 4.78 is 5.37. The number of carbonyl (C=O) groups excluding carboxylic acids is 1. The Kier molecular flexibility index (Phi) is 5.58. The molecule has 0 radical (unpaired) electrons. The maximum Gasteiger partial charge on any atom is 0.289 e. The van der Waals surface area contributed by atoms with Crippen LogP contribution in [0.15, 0.2) is 16.5 Å². The molecule has 1 aromatic rings. The lowest BCUT2D eigenvalue weighted by molar-refractivity contribution is 0.0479. The number of piperidine rings is 1. The van der Waals surface area contributed by atoms with Gasteiger partial charge in [0.05, 0.1) is 0 Å². The van der Waals surface area contributed by atoms with Gasteiger partial charge >= 0.3 is 0 Å². The molecule has 0 aromatic carbocycles. The van der Waals surface area contributed by atoms with Crippen molar-refractivity contribution in [1.82, 2.24) is 14.7 Å². The number of amides is 1. The maximum absolute atomic E-state index is 12.5. The number of hydrogen-bond acceptors (Lipinski definition) is 5. The molecule has 2 saturated heterocycles. The van der Waals surface area contributed by atoms with Gasteiger partial charge in [0.25, 0.3) is 5.91 Å². The number of hydrogen-bond donors (Lipinski definition) is 1. The minimum Gasteiger partial charge on any atom is -0.453 e. The van der Waals surface area contributed by atoms with Crippen LogP contribution in [0.1, 0.15) is 36.1 Å². The van der Waals surface area contributed by atoms with Crippen molar-refractivity contribution in [1.29, 1.82) is 0 Å². The van der Waals surface area contributed by atoms with Gasteiger partial charge in [-0.1, -0.05) is 0 Å². The number of nitrogens with zero attached hydrogens (tertiary/aromatic N) is 3. The van der Waals surface area contributed by atoms with E-state index in [-0.39, 0.29) is 12.5 Å². The fourth-order valence-electron chi connectivity index (χ4n) is 3.85. The predicted octanol–water partition coefficient (Wildman–Crippen LogP) is 1.26. The molecule has 0 bridgehead atoms. The number of aliphatic hydroxyl groups is 1. The van der Waals surface area contributed by atoms with E-state index in [0.29, 0.717) is 23.5 Å². The molecular formula is C18H29N3O3. The molecule has 0 aliphatic carbocycles. The minimum atomic E-state index is -0.169. The van der Waals surface area contributed by atoms with Gasteiger partial charge in [-0.2, -0.15) is 0 Å². The van der Waals surface area contributed by atoms with Crippen LogP contribution < -0.4 is 0 Å². The van der Waals surface area contributed by atoms with Crippen molar-refractivity contribution in [3.8, 4) is 0 Å². The Hall–Kier alpha value is -1.37. The summed E-state index contributed by atoms with van der Waals surface area (Å²) in [7, 11) is 2.18. The summed E-state index contributed by atoms with van der Waals surface area (Å²) in [6, 6.07) is 3.91. The van der Waals surface area contributed by atoms with E-state index in [4.69, 9.17) is 9.52 Å². The molecule has 2 aliphatic rings. The van der Waals surface area contributed by atoms with Crippen molar-refractivity contribution in [3.05, 3.63) is 23.7 Å². The van der Waals surface area contributed by atoms with Crippen molar-refractivity contribution in [2.45, 2.75) is 32.4 Å². The van der Waals surface area contributed by atoms with Gasteiger partial charge in [0.1, 0.15) is 12.4 Å². The van der Waals surface area contributed by atoms with Gasteiger partial charge in [-0.3, -0.25) is 9.69 Å². The number of aliphatic hydroxyl groups excluding tert-OH is 1. The van der Waals surface area contributed by atoms with Crippen LogP contribution in [0.25, 0.3) is 0 Å². The van der Waals surface area contributed by atoms with E-state index in [1.54, 1.807) is 12.1 Å². The average molecular weight is 335 g/mol. The predicted molar refractivity (Wildman–Crippen MR) is 91.8 cm³/mol. The molecule has 0 spiro atoms. The van der Waals surface area contributed by atoms with Crippen LogP contribution in [0.4, 0.5) is 0 Å². The summed E-state index contributed by atoms with van der Waals surface area (Å²) in [5, 5.41) is 9.05. The SMILES string of the molecule is C[C@H](C1CCN(C(=O)c2ccc(CO)o2)CC1)N1CCN(C)CC1. The van der Waals surface area contributed by atoms with Gasteiger partial charge in [0.2, 0.25) is 0 Å². The number of carbonyl (C=O) groups is 1. The lowest BCUT2D eigenvalue weighted by Crippen LogP contribution is -2.52. The molecule has 6 nitrogen and oxygen atoms in total. The first-order chi connectivity index (χ1) is 11.6. The molecule has 24 heavy (non-hydrogen) atoms.